The highest BCUT2D eigenvalue weighted by Crippen LogP contribution is 2.30. The molecule has 1 amide bonds. The van der Waals surface area contributed by atoms with Gasteiger partial charge >= 0.3 is 0 Å². The van der Waals surface area contributed by atoms with E-state index in [1.807, 2.05) is 5.38 Å². The van der Waals surface area contributed by atoms with Gasteiger partial charge in [0.15, 0.2) is 29.0 Å². The van der Waals surface area contributed by atoms with Gasteiger partial charge in [-0.25, -0.2) is 4.98 Å². The molecule has 6 nitrogen and oxygen atoms in total. The minimum atomic E-state index is -0.328. The number of carbonyl (C=O) groups excluding carboxylic acids is 2. The molecule has 1 aromatic heterocycles. The average molecular weight is 425 g/mol. The first-order valence-electron chi connectivity index (χ1n) is 9.44. The van der Waals surface area contributed by atoms with E-state index in [2.05, 4.69) is 43.2 Å². The van der Waals surface area contributed by atoms with Crippen LogP contribution in [0, 0.1) is 20.8 Å². The van der Waals surface area contributed by atoms with Crippen LogP contribution in [0.2, 0.25) is 0 Å². The number of amides is 1. The molecule has 7 heteroatoms. The summed E-state index contributed by atoms with van der Waals surface area (Å²) in [5.74, 6) is 0.391. The Morgan fingerprint density at radius 3 is 2.47 bits per heavy atom. The first-order valence-corrected chi connectivity index (χ1v) is 10.3. The van der Waals surface area contributed by atoms with Crippen molar-refractivity contribution < 1.29 is 19.1 Å². The number of Topliss-reactive ketones (excluding diaryl/α,β-unsaturated/α-hetero) is 1. The molecule has 0 radical (unpaired) electrons. The van der Waals surface area contributed by atoms with Crippen molar-refractivity contribution in [1.29, 1.82) is 0 Å². The van der Waals surface area contributed by atoms with Gasteiger partial charge in [0.2, 0.25) is 0 Å². The second kappa shape index (κ2) is 9.09. The van der Waals surface area contributed by atoms with E-state index >= 15 is 0 Å². The maximum absolute atomic E-state index is 12.3. The predicted molar refractivity (Wildman–Crippen MR) is 119 cm³/mol. The number of carbonyl (C=O) groups is 2. The summed E-state index contributed by atoms with van der Waals surface area (Å²) in [5, 5.41) is 5.20. The van der Waals surface area contributed by atoms with E-state index in [1.165, 1.54) is 36.5 Å². The molecule has 0 bridgehead atoms. The van der Waals surface area contributed by atoms with Gasteiger partial charge in [-0.05, 0) is 68.7 Å². The van der Waals surface area contributed by atoms with Crippen molar-refractivity contribution in [1.82, 2.24) is 4.98 Å². The molecule has 156 valence electrons. The number of thiazole rings is 1. The number of ether oxygens (including phenoxy) is 2. The SMILES string of the molecule is COc1cc(C(C)=O)ccc1OCC(=O)Nc1nc(-c2cc(C)c(C)cc2C)cs1. The third-order valence-corrected chi connectivity index (χ3v) is 5.55. The van der Waals surface area contributed by atoms with Crippen LogP contribution in [0.15, 0.2) is 35.7 Å². The summed E-state index contributed by atoms with van der Waals surface area (Å²) in [7, 11) is 1.48. The Balaban J connectivity index is 1.65. The van der Waals surface area contributed by atoms with Gasteiger partial charge in [-0.2, -0.15) is 0 Å². The van der Waals surface area contributed by atoms with Crippen LogP contribution in [-0.4, -0.2) is 30.4 Å². The molecule has 0 aliphatic rings. The first kappa shape index (κ1) is 21.5. The molecule has 1 N–H and O–H groups in total. The number of nitrogens with one attached hydrogen (secondary N) is 1. The molecule has 0 aliphatic carbocycles. The zero-order valence-electron chi connectivity index (χ0n) is 17.7. The van der Waals surface area contributed by atoms with Gasteiger partial charge in [-0.15, -0.1) is 11.3 Å². The Labute approximate surface area is 179 Å². The summed E-state index contributed by atoms with van der Waals surface area (Å²) < 4.78 is 10.8. The van der Waals surface area contributed by atoms with E-state index in [0.29, 0.717) is 22.2 Å². The van der Waals surface area contributed by atoms with Crippen LogP contribution in [0.3, 0.4) is 0 Å². The van der Waals surface area contributed by atoms with Crippen molar-refractivity contribution >= 4 is 28.2 Å². The van der Waals surface area contributed by atoms with E-state index in [1.54, 1.807) is 18.2 Å². The predicted octanol–water partition coefficient (Wildman–Crippen LogP) is 4.96. The summed E-state index contributed by atoms with van der Waals surface area (Å²) in [6.45, 7) is 7.49. The maximum Gasteiger partial charge on any atom is 0.264 e. The average Bonchev–Trinajstić information content (AvgIpc) is 3.16. The molecule has 0 aliphatic heterocycles. The highest BCUT2D eigenvalue weighted by molar-refractivity contribution is 7.14. The van der Waals surface area contributed by atoms with Crippen LogP contribution >= 0.6 is 11.3 Å². The molecule has 3 rings (SSSR count). The third-order valence-electron chi connectivity index (χ3n) is 4.80. The number of ketones is 1. The normalized spacial score (nSPS) is 10.6. The lowest BCUT2D eigenvalue weighted by Crippen LogP contribution is -2.20. The van der Waals surface area contributed by atoms with Crippen LogP contribution < -0.4 is 14.8 Å². The molecule has 0 unspecified atom stereocenters. The molecule has 0 atom stereocenters. The van der Waals surface area contributed by atoms with Crippen molar-refractivity contribution in [2.45, 2.75) is 27.7 Å². The number of nitrogens with zero attached hydrogens (tertiary/aromatic N) is 1. The van der Waals surface area contributed by atoms with E-state index < -0.39 is 0 Å². The molecule has 0 saturated heterocycles. The Hall–Kier alpha value is -3.19. The smallest absolute Gasteiger partial charge is 0.264 e. The van der Waals surface area contributed by atoms with E-state index in [-0.39, 0.29) is 18.3 Å². The van der Waals surface area contributed by atoms with E-state index in [0.717, 1.165) is 16.8 Å². The molecule has 0 spiro atoms. The van der Waals surface area contributed by atoms with Gasteiger partial charge in [-0.1, -0.05) is 6.07 Å². The summed E-state index contributed by atoms with van der Waals surface area (Å²) in [4.78, 5) is 28.3. The fourth-order valence-electron chi connectivity index (χ4n) is 3.00. The van der Waals surface area contributed by atoms with Gasteiger partial charge in [0.25, 0.3) is 5.91 Å². The summed E-state index contributed by atoms with van der Waals surface area (Å²) in [5.41, 5.74) is 5.99. The lowest BCUT2D eigenvalue weighted by molar-refractivity contribution is -0.118. The second-order valence-corrected chi connectivity index (χ2v) is 7.91. The summed E-state index contributed by atoms with van der Waals surface area (Å²) >= 11 is 1.37. The molecular formula is C23H24N2O4S. The largest absolute Gasteiger partial charge is 0.493 e. The molecule has 1 heterocycles. The topological polar surface area (TPSA) is 77.5 Å². The number of methoxy groups -OCH3 is 1. The number of rotatable bonds is 7. The zero-order valence-corrected chi connectivity index (χ0v) is 18.5. The Bertz CT molecular complexity index is 1100. The van der Waals surface area contributed by atoms with Crippen LogP contribution in [0.5, 0.6) is 11.5 Å². The maximum atomic E-state index is 12.3. The van der Waals surface area contributed by atoms with Crippen molar-refractivity contribution in [2.24, 2.45) is 0 Å². The number of aryl methyl sites for hydroxylation is 3. The number of hydrogen-bond acceptors (Lipinski definition) is 6. The quantitative estimate of drug-likeness (QED) is 0.542. The molecule has 2 aromatic carbocycles. The molecule has 30 heavy (non-hydrogen) atoms. The van der Waals surface area contributed by atoms with E-state index in [9.17, 15) is 9.59 Å². The third kappa shape index (κ3) is 4.86. The van der Waals surface area contributed by atoms with Crippen LogP contribution in [0.4, 0.5) is 5.13 Å². The highest BCUT2D eigenvalue weighted by Gasteiger charge is 2.13. The van der Waals surface area contributed by atoms with E-state index in [4.69, 9.17) is 9.47 Å². The van der Waals surface area contributed by atoms with Crippen LogP contribution in [-0.2, 0) is 4.79 Å². The number of aromatic nitrogens is 1. The van der Waals surface area contributed by atoms with Gasteiger partial charge in [0.05, 0.1) is 12.8 Å². The molecular weight excluding hydrogens is 400 g/mol. The number of benzene rings is 2. The van der Waals surface area contributed by atoms with Crippen LogP contribution in [0.1, 0.15) is 34.0 Å². The van der Waals surface area contributed by atoms with Crippen molar-refractivity contribution in [2.75, 3.05) is 19.0 Å². The first-order chi connectivity index (χ1) is 14.3. The zero-order chi connectivity index (χ0) is 21.8. The lowest BCUT2D eigenvalue weighted by atomic mass is 9.99. The fourth-order valence-corrected chi connectivity index (χ4v) is 3.72. The Kier molecular flexibility index (Phi) is 6.52. The molecule has 0 saturated carbocycles. The number of anilines is 1. The molecule has 3 aromatic rings. The summed E-state index contributed by atoms with van der Waals surface area (Å²) in [6.07, 6.45) is 0. The Morgan fingerprint density at radius 2 is 1.77 bits per heavy atom. The minimum absolute atomic E-state index is 0.0730. The highest BCUT2D eigenvalue weighted by atomic mass is 32.1. The minimum Gasteiger partial charge on any atom is -0.493 e. The second-order valence-electron chi connectivity index (χ2n) is 7.05. The number of hydrogen-bond donors (Lipinski definition) is 1. The van der Waals surface area contributed by atoms with Crippen LogP contribution in [0.25, 0.3) is 11.3 Å². The van der Waals surface area contributed by atoms with Gasteiger partial charge in [0.1, 0.15) is 0 Å². The Morgan fingerprint density at radius 1 is 1.03 bits per heavy atom. The van der Waals surface area contributed by atoms with Gasteiger partial charge in [0, 0.05) is 16.5 Å². The monoisotopic (exact) mass is 424 g/mol. The lowest BCUT2D eigenvalue weighted by Gasteiger charge is -2.11. The summed E-state index contributed by atoms with van der Waals surface area (Å²) in [6, 6.07) is 9.10. The van der Waals surface area contributed by atoms with Gasteiger partial charge < -0.3 is 9.47 Å². The van der Waals surface area contributed by atoms with Crippen molar-refractivity contribution in [3.05, 3.63) is 58.0 Å². The van der Waals surface area contributed by atoms with Crippen molar-refractivity contribution in [3.8, 4) is 22.8 Å². The standard InChI is InChI=1S/C23H24N2O4S/c1-13-8-15(3)18(9-14(13)2)19-12-30-23(24-19)25-22(27)11-29-20-7-6-17(16(4)26)10-21(20)28-5/h6-10,12H,11H2,1-5H3,(H,24,25,27). The van der Waals surface area contributed by atoms with Gasteiger partial charge in [-0.3, -0.25) is 14.9 Å². The van der Waals surface area contributed by atoms with Crippen molar-refractivity contribution in [3.63, 3.8) is 0 Å². The fraction of sp³-hybridized carbons (Fsp3) is 0.261. The molecule has 0 fully saturated rings.